The average molecular weight is 277 g/mol. The van der Waals surface area contributed by atoms with Crippen LogP contribution in [0.25, 0.3) is 0 Å². The Balaban J connectivity index is 2.29. The van der Waals surface area contributed by atoms with Crippen molar-refractivity contribution in [1.82, 2.24) is 5.32 Å². The van der Waals surface area contributed by atoms with Crippen molar-refractivity contribution in [3.05, 3.63) is 45.5 Å². The molecule has 2 rings (SSSR count). The molecule has 2 heterocycles. The largest absolute Gasteiger partial charge is 0.464 e. The van der Waals surface area contributed by atoms with Gasteiger partial charge in [-0.15, -0.1) is 11.3 Å². The highest BCUT2D eigenvalue weighted by Crippen LogP contribution is 2.31. The SMILES string of the molecule is CCCNC(c1ccc(CC)o1)c1sccc1CC. The summed E-state index contributed by atoms with van der Waals surface area (Å²) in [5.41, 5.74) is 1.42. The molecule has 19 heavy (non-hydrogen) atoms. The Morgan fingerprint density at radius 3 is 2.63 bits per heavy atom. The van der Waals surface area contributed by atoms with E-state index in [1.54, 1.807) is 0 Å². The van der Waals surface area contributed by atoms with E-state index in [1.165, 1.54) is 10.4 Å². The smallest absolute Gasteiger partial charge is 0.126 e. The summed E-state index contributed by atoms with van der Waals surface area (Å²) in [5.74, 6) is 2.11. The second kappa shape index (κ2) is 6.92. The van der Waals surface area contributed by atoms with E-state index in [2.05, 4.69) is 49.7 Å². The van der Waals surface area contributed by atoms with Gasteiger partial charge in [-0.05, 0) is 48.5 Å². The highest BCUT2D eigenvalue weighted by atomic mass is 32.1. The molecular formula is C16H23NOS. The predicted octanol–water partition coefficient (Wildman–Crippen LogP) is 4.55. The lowest BCUT2D eigenvalue weighted by molar-refractivity contribution is 0.423. The normalized spacial score (nSPS) is 12.8. The molecule has 2 aromatic rings. The first-order chi connectivity index (χ1) is 9.30. The van der Waals surface area contributed by atoms with Crippen molar-refractivity contribution in [1.29, 1.82) is 0 Å². The molecule has 1 atom stereocenters. The number of aryl methyl sites for hydroxylation is 2. The molecule has 1 N–H and O–H groups in total. The van der Waals surface area contributed by atoms with Gasteiger partial charge in [-0.2, -0.15) is 0 Å². The Kier molecular flexibility index (Phi) is 5.23. The van der Waals surface area contributed by atoms with Gasteiger partial charge in [-0.1, -0.05) is 20.8 Å². The zero-order valence-electron chi connectivity index (χ0n) is 12.0. The monoisotopic (exact) mass is 277 g/mol. The lowest BCUT2D eigenvalue weighted by Gasteiger charge is -2.16. The van der Waals surface area contributed by atoms with Gasteiger partial charge in [0.25, 0.3) is 0 Å². The topological polar surface area (TPSA) is 25.2 Å². The zero-order chi connectivity index (χ0) is 13.7. The van der Waals surface area contributed by atoms with Crippen LogP contribution in [0.4, 0.5) is 0 Å². The van der Waals surface area contributed by atoms with Gasteiger partial charge in [-0.25, -0.2) is 0 Å². The summed E-state index contributed by atoms with van der Waals surface area (Å²) in [6, 6.07) is 6.64. The van der Waals surface area contributed by atoms with E-state index in [1.807, 2.05) is 11.3 Å². The van der Waals surface area contributed by atoms with Gasteiger partial charge in [0.05, 0.1) is 0 Å². The van der Waals surface area contributed by atoms with E-state index in [9.17, 15) is 0 Å². The van der Waals surface area contributed by atoms with Crippen molar-refractivity contribution in [2.75, 3.05) is 6.54 Å². The Labute approximate surface area is 119 Å². The summed E-state index contributed by atoms with van der Waals surface area (Å²) >= 11 is 1.82. The molecule has 0 aromatic carbocycles. The number of thiophene rings is 1. The van der Waals surface area contributed by atoms with Crippen LogP contribution in [0.3, 0.4) is 0 Å². The summed E-state index contributed by atoms with van der Waals surface area (Å²) < 4.78 is 5.96. The van der Waals surface area contributed by atoms with Crippen LogP contribution in [0.1, 0.15) is 55.2 Å². The Bertz CT molecular complexity index is 500. The molecule has 104 valence electrons. The highest BCUT2D eigenvalue weighted by molar-refractivity contribution is 7.10. The standard InChI is InChI=1S/C16H23NOS/c1-4-10-17-15(14-8-7-13(6-3)18-14)16-12(5-2)9-11-19-16/h7-9,11,15,17H,4-6,10H2,1-3H3. The first-order valence-electron chi connectivity index (χ1n) is 7.18. The number of rotatable bonds is 7. The minimum Gasteiger partial charge on any atom is -0.464 e. The van der Waals surface area contributed by atoms with Crippen molar-refractivity contribution in [3.63, 3.8) is 0 Å². The number of hydrogen-bond acceptors (Lipinski definition) is 3. The van der Waals surface area contributed by atoms with Crippen molar-refractivity contribution < 1.29 is 4.42 Å². The molecule has 0 saturated heterocycles. The van der Waals surface area contributed by atoms with Crippen LogP contribution < -0.4 is 5.32 Å². The molecule has 2 aromatic heterocycles. The van der Waals surface area contributed by atoms with Crippen LogP contribution >= 0.6 is 11.3 Å². The summed E-state index contributed by atoms with van der Waals surface area (Å²) in [7, 11) is 0. The molecule has 2 nitrogen and oxygen atoms in total. The molecule has 3 heteroatoms. The van der Waals surface area contributed by atoms with E-state index >= 15 is 0 Å². The van der Waals surface area contributed by atoms with Crippen molar-refractivity contribution >= 4 is 11.3 Å². The number of hydrogen-bond donors (Lipinski definition) is 1. The molecule has 0 spiro atoms. The van der Waals surface area contributed by atoms with Gasteiger partial charge in [0.1, 0.15) is 17.6 Å². The van der Waals surface area contributed by atoms with Crippen LogP contribution in [0.2, 0.25) is 0 Å². The van der Waals surface area contributed by atoms with Gasteiger partial charge < -0.3 is 9.73 Å². The van der Waals surface area contributed by atoms with E-state index in [4.69, 9.17) is 4.42 Å². The molecule has 0 amide bonds. The number of nitrogens with one attached hydrogen (secondary N) is 1. The van der Waals surface area contributed by atoms with E-state index in [0.29, 0.717) is 0 Å². The van der Waals surface area contributed by atoms with Crippen molar-refractivity contribution in [2.24, 2.45) is 0 Å². The summed E-state index contributed by atoms with van der Waals surface area (Å²) in [6.45, 7) is 7.54. The lowest BCUT2D eigenvalue weighted by Crippen LogP contribution is -2.22. The molecule has 0 radical (unpaired) electrons. The minimum absolute atomic E-state index is 0.204. The maximum atomic E-state index is 5.96. The summed E-state index contributed by atoms with van der Waals surface area (Å²) in [6.07, 6.45) is 3.15. The van der Waals surface area contributed by atoms with Crippen LogP contribution in [0.15, 0.2) is 28.0 Å². The molecule has 0 fully saturated rings. The van der Waals surface area contributed by atoms with Gasteiger partial charge in [0, 0.05) is 11.3 Å². The van der Waals surface area contributed by atoms with E-state index in [-0.39, 0.29) is 6.04 Å². The highest BCUT2D eigenvalue weighted by Gasteiger charge is 2.20. The first-order valence-corrected chi connectivity index (χ1v) is 8.06. The second-order valence-electron chi connectivity index (χ2n) is 4.71. The molecular weight excluding hydrogens is 254 g/mol. The predicted molar refractivity (Wildman–Crippen MR) is 81.9 cm³/mol. The quantitative estimate of drug-likeness (QED) is 0.803. The van der Waals surface area contributed by atoms with Crippen LogP contribution in [-0.4, -0.2) is 6.54 Å². The fourth-order valence-corrected chi connectivity index (χ4v) is 3.32. The lowest BCUT2D eigenvalue weighted by atomic mass is 10.1. The van der Waals surface area contributed by atoms with E-state index in [0.717, 1.165) is 37.3 Å². The van der Waals surface area contributed by atoms with Crippen LogP contribution in [0, 0.1) is 0 Å². The molecule has 0 saturated carbocycles. The molecule has 0 aliphatic rings. The van der Waals surface area contributed by atoms with Crippen molar-refractivity contribution in [2.45, 2.75) is 46.1 Å². The first kappa shape index (κ1) is 14.4. The second-order valence-corrected chi connectivity index (χ2v) is 5.66. The van der Waals surface area contributed by atoms with Gasteiger partial charge in [0.2, 0.25) is 0 Å². The third kappa shape index (κ3) is 3.28. The Morgan fingerprint density at radius 2 is 2.00 bits per heavy atom. The molecule has 1 unspecified atom stereocenters. The van der Waals surface area contributed by atoms with Gasteiger partial charge in [-0.3, -0.25) is 0 Å². The molecule has 0 bridgehead atoms. The molecule has 0 aliphatic carbocycles. The minimum atomic E-state index is 0.204. The Hall–Kier alpha value is -1.06. The van der Waals surface area contributed by atoms with Crippen LogP contribution in [0.5, 0.6) is 0 Å². The molecule has 0 aliphatic heterocycles. The summed E-state index contributed by atoms with van der Waals surface area (Å²) in [4.78, 5) is 1.40. The van der Waals surface area contributed by atoms with Crippen molar-refractivity contribution in [3.8, 4) is 0 Å². The third-order valence-corrected chi connectivity index (χ3v) is 4.36. The Morgan fingerprint density at radius 1 is 1.16 bits per heavy atom. The maximum absolute atomic E-state index is 5.96. The van der Waals surface area contributed by atoms with Gasteiger partial charge >= 0.3 is 0 Å². The summed E-state index contributed by atoms with van der Waals surface area (Å²) in [5, 5.41) is 5.80. The van der Waals surface area contributed by atoms with E-state index < -0.39 is 0 Å². The van der Waals surface area contributed by atoms with Crippen LogP contribution in [-0.2, 0) is 12.8 Å². The number of furan rings is 1. The maximum Gasteiger partial charge on any atom is 0.126 e. The zero-order valence-corrected chi connectivity index (χ0v) is 12.8. The average Bonchev–Trinajstić information content (AvgIpc) is 3.08. The fraction of sp³-hybridized carbons (Fsp3) is 0.500. The fourth-order valence-electron chi connectivity index (χ4n) is 2.24. The third-order valence-electron chi connectivity index (χ3n) is 3.34. The van der Waals surface area contributed by atoms with Gasteiger partial charge in [0.15, 0.2) is 0 Å².